The summed E-state index contributed by atoms with van der Waals surface area (Å²) in [6, 6.07) is 6.37. The molecule has 1 unspecified atom stereocenters. The van der Waals surface area contributed by atoms with Crippen molar-refractivity contribution in [2.45, 2.75) is 58.2 Å². The van der Waals surface area contributed by atoms with E-state index in [1.54, 1.807) is 27.0 Å². The van der Waals surface area contributed by atoms with Gasteiger partial charge in [0.25, 0.3) is 0 Å². The summed E-state index contributed by atoms with van der Waals surface area (Å²) < 4.78 is 5.16. The van der Waals surface area contributed by atoms with Crippen molar-refractivity contribution >= 4 is 28.9 Å². The lowest BCUT2D eigenvalue weighted by atomic mass is 10.0. The van der Waals surface area contributed by atoms with Crippen LogP contribution in [-0.2, 0) is 20.7 Å². The van der Waals surface area contributed by atoms with Crippen LogP contribution in [0.2, 0.25) is 0 Å². The molecule has 0 radical (unpaired) electrons. The Kier molecular flexibility index (Phi) is 6.01. The van der Waals surface area contributed by atoms with E-state index in [0.29, 0.717) is 0 Å². The maximum Gasteiger partial charge on any atom is 0.408 e. The van der Waals surface area contributed by atoms with Crippen molar-refractivity contribution in [2.24, 2.45) is 0 Å². The molecule has 2 rings (SSSR count). The van der Waals surface area contributed by atoms with Gasteiger partial charge in [0, 0.05) is 23.5 Å². The number of carbonyl (C=O) groups excluding carboxylic acids is 2. The SMILES string of the molecule is CC(C)(C)OC(=O)NC(C)(C)C(=O)NC(Cc1c[nH]c2ccccc12)C(=O)O. The van der Waals surface area contributed by atoms with Gasteiger partial charge in [-0.05, 0) is 46.2 Å². The molecule has 2 amide bonds. The molecule has 0 saturated heterocycles. The van der Waals surface area contributed by atoms with E-state index in [0.717, 1.165) is 16.5 Å². The number of benzene rings is 1. The highest BCUT2D eigenvalue weighted by atomic mass is 16.6. The smallest absolute Gasteiger partial charge is 0.408 e. The monoisotopic (exact) mass is 389 g/mol. The number of hydrogen-bond acceptors (Lipinski definition) is 4. The first kappa shape index (κ1) is 21.3. The molecule has 0 spiro atoms. The average Bonchev–Trinajstić information content (AvgIpc) is 2.94. The third-order valence-corrected chi connectivity index (χ3v) is 4.08. The molecule has 0 aliphatic heterocycles. The summed E-state index contributed by atoms with van der Waals surface area (Å²) in [5, 5.41) is 15.4. The van der Waals surface area contributed by atoms with Crippen LogP contribution in [0.5, 0.6) is 0 Å². The molecule has 4 N–H and O–H groups in total. The second kappa shape index (κ2) is 7.92. The molecular formula is C20H27N3O5. The number of aromatic amines is 1. The number of alkyl carbamates (subject to hydrolysis) is 1. The van der Waals surface area contributed by atoms with Gasteiger partial charge in [-0.2, -0.15) is 0 Å². The van der Waals surface area contributed by atoms with E-state index in [2.05, 4.69) is 15.6 Å². The Labute approximate surface area is 163 Å². The summed E-state index contributed by atoms with van der Waals surface area (Å²) in [5.41, 5.74) is -0.396. The van der Waals surface area contributed by atoms with Crippen molar-refractivity contribution in [2.75, 3.05) is 0 Å². The van der Waals surface area contributed by atoms with Crippen LogP contribution < -0.4 is 10.6 Å². The molecule has 0 fully saturated rings. The number of nitrogens with one attached hydrogen (secondary N) is 3. The van der Waals surface area contributed by atoms with Crippen molar-refractivity contribution in [1.29, 1.82) is 0 Å². The molecule has 2 aromatic rings. The lowest BCUT2D eigenvalue weighted by molar-refractivity contribution is -0.142. The number of ether oxygens (including phenoxy) is 1. The highest BCUT2D eigenvalue weighted by molar-refractivity contribution is 5.92. The first-order valence-electron chi connectivity index (χ1n) is 8.99. The van der Waals surface area contributed by atoms with Crippen LogP contribution in [-0.4, -0.2) is 45.2 Å². The Morgan fingerprint density at radius 2 is 1.79 bits per heavy atom. The first-order valence-corrected chi connectivity index (χ1v) is 8.99. The predicted octanol–water partition coefficient (Wildman–Crippen LogP) is 2.58. The minimum atomic E-state index is -1.35. The largest absolute Gasteiger partial charge is 0.480 e. The molecule has 1 aromatic carbocycles. The zero-order chi connectivity index (χ0) is 21.1. The Morgan fingerprint density at radius 1 is 1.14 bits per heavy atom. The van der Waals surface area contributed by atoms with E-state index >= 15 is 0 Å². The molecule has 8 heteroatoms. The second-order valence-corrected chi connectivity index (χ2v) is 8.18. The molecule has 0 aliphatic carbocycles. The number of amides is 2. The van der Waals surface area contributed by atoms with E-state index in [4.69, 9.17) is 4.74 Å². The quantitative estimate of drug-likeness (QED) is 0.605. The summed E-state index contributed by atoms with van der Waals surface area (Å²) in [5.74, 6) is -1.78. The number of H-pyrrole nitrogens is 1. The number of fused-ring (bicyclic) bond motifs is 1. The molecular weight excluding hydrogens is 362 g/mol. The second-order valence-electron chi connectivity index (χ2n) is 8.18. The lowest BCUT2D eigenvalue weighted by Gasteiger charge is -2.28. The van der Waals surface area contributed by atoms with Crippen molar-refractivity contribution in [3.8, 4) is 0 Å². The number of carboxylic acid groups (broad SMARTS) is 1. The Morgan fingerprint density at radius 3 is 2.39 bits per heavy atom. The number of carbonyl (C=O) groups is 3. The van der Waals surface area contributed by atoms with Gasteiger partial charge in [-0.25, -0.2) is 9.59 Å². The molecule has 8 nitrogen and oxygen atoms in total. The van der Waals surface area contributed by atoms with Crippen LogP contribution >= 0.6 is 0 Å². The maximum absolute atomic E-state index is 12.6. The molecule has 1 heterocycles. The third-order valence-electron chi connectivity index (χ3n) is 4.08. The molecule has 0 saturated carbocycles. The molecule has 0 bridgehead atoms. The van der Waals surface area contributed by atoms with Crippen LogP contribution in [0.15, 0.2) is 30.5 Å². The van der Waals surface area contributed by atoms with Gasteiger partial charge in [-0.15, -0.1) is 0 Å². The highest BCUT2D eigenvalue weighted by Crippen LogP contribution is 2.19. The zero-order valence-electron chi connectivity index (χ0n) is 16.8. The van der Waals surface area contributed by atoms with E-state index in [9.17, 15) is 19.5 Å². The van der Waals surface area contributed by atoms with Crippen molar-refractivity contribution in [3.63, 3.8) is 0 Å². The summed E-state index contributed by atoms with van der Waals surface area (Å²) in [4.78, 5) is 39.4. The Bertz CT molecular complexity index is 879. The maximum atomic E-state index is 12.6. The summed E-state index contributed by atoms with van der Waals surface area (Å²) in [7, 11) is 0. The van der Waals surface area contributed by atoms with Crippen LogP contribution in [0.4, 0.5) is 4.79 Å². The van der Waals surface area contributed by atoms with Gasteiger partial charge in [0.2, 0.25) is 5.91 Å². The lowest BCUT2D eigenvalue weighted by Crippen LogP contribution is -2.58. The van der Waals surface area contributed by atoms with Gasteiger partial charge in [-0.1, -0.05) is 18.2 Å². The summed E-state index contributed by atoms with van der Waals surface area (Å²) >= 11 is 0. The van der Waals surface area contributed by atoms with Gasteiger partial charge >= 0.3 is 12.1 Å². The number of aliphatic carboxylic acids is 1. The summed E-state index contributed by atoms with van der Waals surface area (Å²) in [6.07, 6.45) is 1.08. The fourth-order valence-corrected chi connectivity index (χ4v) is 2.67. The number of carboxylic acids is 1. The Hall–Kier alpha value is -3.03. The number of para-hydroxylation sites is 1. The molecule has 1 atom stereocenters. The van der Waals surface area contributed by atoms with Gasteiger partial charge in [0.05, 0.1) is 0 Å². The van der Waals surface area contributed by atoms with Crippen LogP contribution in [0.3, 0.4) is 0 Å². The normalized spacial score (nSPS) is 13.0. The number of aromatic nitrogens is 1. The number of hydrogen-bond donors (Lipinski definition) is 4. The Balaban J connectivity index is 2.09. The van der Waals surface area contributed by atoms with E-state index in [-0.39, 0.29) is 6.42 Å². The van der Waals surface area contributed by atoms with Crippen molar-refractivity contribution < 1.29 is 24.2 Å². The van der Waals surface area contributed by atoms with Gasteiger partial charge < -0.3 is 25.5 Å². The van der Waals surface area contributed by atoms with E-state index in [1.165, 1.54) is 13.8 Å². The third kappa shape index (κ3) is 5.48. The molecule has 152 valence electrons. The average molecular weight is 389 g/mol. The highest BCUT2D eigenvalue weighted by Gasteiger charge is 2.34. The molecule has 0 aliphatic rings. The topological polar surface area (TPSA) is 121 Å². The predicted molar refractivity (Wildman–Crippen MR) is 105 cm³/mol. The zero-order valence-corrected chi connectivity index (χ0v) is 16.8. The standard InChI is InChI=1S/C20H27N3O5/c1-19(2,3)28-18(27)23-20(4,5)17(26)22-15(16(24)25)10-12-11-21-14-9-7-6-8-13(12)14/h6-9,11,15,21H,10H2,1-5H3,(H,22,26)(H,23,27)(H,24,25). The fraction of sp³-hybridized carbons (Fsp3) is 0.450. The van der Waals surface area contributed by atoms with Crippen LogP contribution in [0, 0.1) is 0 Å². The fourth-order valence-electron chi connectivity index (χ4n) is 2.67. The van der Waals surface area contributed by atoms with E-state index in [1.807, 2.05) is 24.3 Å². The first-order chi connectivity index (χ1) is 12.9. The molecule has 28 heavy (non-hydrogen) atoms. The van der Waals surface area contributed by atoms with Crippen LogP contribution in [0.1, 0.15) is 40.2 Å². The van der Waals surface area contributed by atoms with E-state index < -0.39 is 35.2 Å². The molecule has 1 aromatic heterocycles. The van der Waals surface area contributed by atoms with Crippen molar-refractivity contribution in [1.82, 2.24) is 15.6 Å². The van der Waals surface area contributed by atoms with Crippen molar-refractivity contribution in [3.05, 3.63) is 36.0 Å². The van der Waals surface area contributed by atoms with Gasteiger partial charge in [0.1, 0.15) is 17.2 Å². The number of rotatable bonds is 6. The summed E-state index contributed by atoms with van der Waals surface area (Å²) in [6.45, 7) is 8.09. The van der Waals surface area contributed by atoms with Gasteiger partial charge in [-0.3, -0.25) is 4.79 Å². The minimum absolute atomic E-state index is 0.105. The van der Waals surface area contributed by atoms with Gasteiger partial charge in [0.15, 0.2) is 0 Å². The van der Waals surface area contributed by atoms with Crippen LogP contribution in [0.25, 0.3) is 10.9 Å². The minimum Gasteiger partial charge on any atom is -0.480 e.